The number of rotatable bonds is 1. The summed E-state index contributed by atoms with van der Waals surface area (Å²) < 4.78 is 10.6. The van der Waals surface area contributed by atoms with Crippen LogP contribution in [0.4, 0.5) is 5.69 Å². The predicted molar refractivity (Wildman–Crippen MR) is 79.8 cm³/mol. The predicted octanol–water partition coefficient (Wildman–Crippen LogP) is 0.641. The van der Waals surface area contributed by atoms with E-state index in [-0.39, 0.29) is 11.8 Å². The summed E-state index contributed by atoms with van der Waals surface area (Å²) in [4.78, 5) is 27.2. The molecule has 5 rings (SSSR count). The molecule has 2 bridgehead atoms. The molecular weight excluding hydrogens is 314 g/mol. The molecule has 3 aliphatic heterocycles. The highest BCUT2D eigenvalue weighted by Gasteiger charge is 2.75. The molecule has 2 aromatic rings. The Hall–Kier alpha value is -2.32. The minimum absolute atomic E-state index is 0.293. The summed E-state index contributed by atoms with van der Waals surface area (Å²) in [5.74, 6) is -1.89. The van der Waals surface area contributed by atoms with Gasteiger partial charge in [-0.1, -0.05) is 0 Å². The van der Waals surface area contributed by atoms with Crippen molar-refractivity contribution in [3.05, 3.63) is 18.2 Å². The number of benzene rings is 1. The van der Waals surface area contributed by atoms with Crippen molar-refractivity contribution < 1.29 is 24.1 Å². The second-order valence-electron chi connectivity index (χ2n) is 7.22. The Balaban J connectivity index is 1.63. The minimum Gasteiger partial charge on any atom is -0.390 e. The number of anilines is 1. The zero-order valence-corrected chi connectivity index (χ0v) is 13.1. The van der Waals surface area contributed by atoms with E-state index < -0.39 is 29.1 Å². The molecule has 124 valence electrons. The van der Waals surface area contributed by atoms with Crippen molar-refractivity contribution in [2.75, 3.05) is 4.90 Å². The molecule has 2 unspecified atom stereocenters. The fourth-order valence-corrected chi connectivity index (χ4v) is 4.69. The van der Waals surface area contributed by atoms with Gasteiger partial charge < -0.3 is 9.84 Å². The first-order valence-electron chi connectivity index (χ1n) is 7.83. The molecule has 0 saturated carbocycles. The summed E-state index contributed by atoms with van der Waals surface area (Å²) in [6.07, 6.45) is -0.410. The lowest BCUT2D eigenvalue weighted by molar-refractivity contribution is -0.132. The molecule has 4 heterocycles. The quantitative estimate of drug-likeness (QED) is 0.765. The number of hydrogen-bond acceptors (Lipinski definition) is 7. The van der Waals surface area contributed by atoms with Crippen molar-refractivity contribution in [2.45, 2.75) is 37.6 Å². The molecule has 1 aromatic heterocycles. The molecule has 8 nitrogen and oxygen atoms in total. The number of aliphatic hydroxyl groups is 1. The second kappa shape index (κ2) is 4.01. The first kappa shape index (κ1) is 14.1. The van der Waals surface area contributed by atoms with Gasteiger partial charge in [0.15, 0.2) is 0 Å². The van der Waals surface area contributed by atoms with E-state index in [1.54, 1.807) is 32.0 Å². The van der Waals surface area contributed by atoms with Crippen LogP contribution in [0.5, 0.6) is 0 Å². The first-order valence-corrected chi connectivity index (χ1v) is 7.83. The SMILES string of the molecule is CC12C[C@H](O)C(C)(O1)[C@@H]1C(=O)N(c3ccc4nonc4c3)C(=O)[C@@H]12. The number of carbonyl (C=O) groups is 2. The Morgan fingerprint density at radius 3 is 2.67 bits per heavy atom. The maximum absolute atomic E-state index is 13.0. The summed E-state index contributed by atoms with van der Waals surface area (Å²) in [6, 6.07) is 4.90. The minimum atomic E-state index is -1.03. The van der Waals surface area contributed by atoms with Crippen LogP contribution in [-0.4, -0.2) is 44.5 Å². The third-order valence-corrected chi connectivity index (χ3v) is 5.79. The lowest BCUT2D eigenvalue weighted by Crippen LogP contribution is -2.49. The number of aromatic nitrogens is 2. The van der Waals surface area contributed by atoms with Crippen LogP contribution in [0, 0.1) is 11.8 Å². The van der Waals surface area contributed by atoms with Crippen LogP contribution in [-0.2, 0) is 14.3 Å². The van der Waals surface area contributed by atoms with Gasteiger partial charge >= 0.3 is 0 Å². The summed E-state index contributed by atoms with van der Waals surface area (Å²) in [6.45, 7) is 3.51. The van der Waals surface area contributed by atoms with Crippen LogP contribution in [0.2, 0.25) is 0 Å². The fourth-order valence-electron chi connectivity index (χ4n) is 4.69. The number of nitrogens with zero attached hydrogens (tertiary/aromatic N) is 3. The summed E-state index contributed by atoms with van der Waals surface area (Å²) >= 11 is 0. The Bertz CT molecular complexity index is 910. The Kier molecular flexibility index (Phi) is 2.35. The van der Waals surface area contributed by atoms with Crippen molar-refractivity contribution >= 4 is 28.5 Å². The van der Waals surface area contributed by atoms with Gasteiger partial charge in [-0.25, -0.2) is 9.53 Å². The van der Waals surface area contributed by atoms with E-state index in [0.29, 0.717) is 23.1 Å². The van der Waals surface area contributed by atoms with Gasteiger partial charge in [0.25, 0.3) is 0 Å². The lowest BCUT2D eigenvalue weighted by atomic mass is 9.67. The molecule has 1 N–H and O–H groups in total. The van der Waals surface area contributed by atoms with Gasteiger partial charge in [0.05, 0.1) is 29.2 Å². The van der Waals surface area contributed by atoms with Crippen molar-refractivity contribution in [2.24, 2.45) is 11.8 Å². The zero-order valence-electron chi connectivity index (χ0n) is 13.1. The average molecular weight is 329 g/mol. The van der Waals surface area contributed by atoms with E-state index >= 15 is 0 Å². The molecule has 0 spiro atoms. The Morgan fingerprint density at radius 2 is 1.88 bits per heavy atom. The molecular formula is C16H15N3O5. The van der Waals surface area contributed by atoms with Crippen LogP contribution in [0.3, 0.4) is 0 Å². The van der Waals surface area contributed by atoms with Gasteiger partial charge in [0.1, 0.15) is 16.6 Å². The smallest absolute Gasteiger partial charge is 0.240 e. The van der Waals surface area contributed by atoms with Crippen LogP contribution in [0.15, 0.2) is 22.8 Å². The molecule has 3 saturated heterocycles. The number of hydrogen-bond donors (Lipinski definition) is 1. The molecule has 3 fully saturated rings. The monoisotopic (exact) mass is 329 g/mol. The molecule has 24 heavy (non-hydrogen) atoms. The summed E-state index contributed by atoms with van der Waals surface area (Å²) in [5.41, 5.74) is -0.387. The number of amides is 2. The maximum Gasteiger partial charge on any atom is 0.240 e. The van der Waals surface area contributed by atoms with Crippen molar-refractivity contribution in [1.82, 2.24) is 10.3 Å². The molecule has 2 amide bonds. The third kappa shape index (κ3) is 1.41. The largest absolute Gasteiger partial charge is 0.390 e. The van der Waals surface area contributed by atoms with E-state index in [4.69, 9.17) is 4.74 Å². The van der Waals surface area contributed by atoms with E-state index in [1.165, 1.54) is 4.90 Å². The Labute approximate surface area is 136 Å². The number of fused-ring (bicyclic) bond motifs is 6. The summed E-state index contributed by atoms with van der Waals surface area (Å²) in [7, 11) is 0. The van der Waals surface area contributed by atoms with Gasteiger partial charge in [-0.2, -0.15) is 0 Å². The number of ether oxygens (including phenoxy) is 1. The average Bonchev–Trinajstić information content (AvgIpc) is 3.19. The highest BCUT2D eigenvalue weighted by atomic mass is 16.6. The van der Waals surface area contributed by atoms with Crippen LogP contribution < -0.4 is 4.90 Å². The highest BCUT2D eigenvalue weighted by molar-refractivity contribution is 6.23. The normalized spacial score (nSPS) is 40.8. The van der Waals surface area contributed by atoms with Gasteiger partial charge in [-0.3, -0.25) is 9.59 Å². The van der Waals surface area contributed by atoms with Crippen LogP contribution >= 0.6 is 0 Å². The van der Waals surface area contributed by atoms with E-state index in [9.17, 15) is 14.7 Å². The molecule has 5 atom stereocenters. The number of aliphatic hydroxyl groups excluding tert-OH is 1. The van der Waals surface area contributed by atoms with Gasteiger partial charge in [0.2, 0.25) is 11.8 Å². The lowest BCUT2D eigenvalue weighted by Gasteiger charge is -2.31. The fraction of sp³-hybridized carbons (Fsp3) is 0.500. The van der Waals surface area contributed by atoms with Crippen LogP contribution in [0.1, 0.15) is 20.3 Å². The molecule has 1 aromatic carbocycles. The first-order chi connectivity index (χ1) is 11.3. The number of carbonyl (C=O) groups excluding carboxylic acids is 2. The standard InChI is InChI=1S/C16H15N3O5/c1-15-6-10(20)16(2,23-15)12-11(15)13(21)19(14(12)22)7-3-4-8-9(5-7)18-24-17-8/h3-5,10-12,20H,6H2,1-2H3/t10-,11+,12-,15?,16?/m0/s1. The van der Waals surface area contributed by atoms with E-state index in [1.807, 2.05) is 0 Å². The van der Waals surface area contributed by atoms with E-state index in [0.717, 1.165) is 0 Å². The van der Waals surface area contributed by atoms with E-state index in [2.05, 4.69) is 14.9 Å². The van der Waals surface area contributed by atoms with Gasteiger partial charge in [0, 0.05) is 6.42 Å². The topological polar surface area (TPSA) is 106 Å². The number of imide groups is 1. The highest BCUT2D eigenvalue weighted by Crippen LogP contribution is 2.60. The molecule has 3 aliphatic rings. The van der Waals surface area contributed by atoms with Crippen molar-refractivity contribution in [1.29, 1.82) is 0 Å². The maximum atomic E-state index is 13.0. The molecule has 8 heteroatoms. The molecule has 0 aliphatic carbocycles. The summed E-state index contributed by atoms with van der Waals surface area (Å²) in [5, 5.41) is 17.8. The molecule has 0 radical (unpaired) electrons. The second-order valence-corrected chi connectivity index (χ2v) is 7.22. The zero-order chi connectivity index (χ0) is 16.9. The van der Waals surface area contributed by atoms with Crippen molar-refractivity contribution in [3.8, 4) is 0 Å². The van der Waals surface area contributed by atoms with Gasteiger partial charge in [-0.15, -0.1) is 0 Å². The van der Waals surface area contributed by atoms with Gasteiger partial charge in [-0.05, 0) is 42.4 Å². The Morgan fingerprint density at radius 1 is 1.17 bits per heavy atom. The van der Waals surface area contributed by atoms with Crippen molar-refractivity contribution in [3.63, 3.8) is 0 Å². The van der Waals surface area contributed by atoms with Crippen LogP contribution in [0.25, 0.3) is 11.0 Å². The third-order valence-electron chi connectivity index (χ3n) is 5.79.